The second-order valence-corrected chi connectivity index (χ2v) is 16.0. The van der Waals surface area contributed by atoms with Gasteiger partial charge in [-0.25, -0.2) is 87.8 Å². The normalized spacial score (nSPS) is 12.2. The van der Waals surface area contributed by atoms with Gasteiger partial charge in [-0.05, 0) is 39.6 Å². The van der Waals surface area contributed by atoms with Crippen LogP contribution in [0.2, 0.25) is 0 Å². The van der Waals surface area contributed by atoms with Crippen molar-refractivity contribution < 1.29 is 87.8 Å². The SMILES string of the molecule is C[S+](C)Cc1cccc2c1Cc1ccccc1-2.Fc1c(F)c(F)c([B-](c2c(F)c(F)c(F)c(F)c2F)(c2c(F)c(F)c(F)c(F)c2F)c2c(F)c(F)c(F)c(F)c2F)c(F)c1F. The van der Waals surface area contributed by atoms with Crippen LogP contribution in [0.3, 0.4) is 0 Å². The molecule has 6 aromatic carbocycles. The summed E-state index contributed by atoms with van der Waals surface area (Å²) in [6.07, 6.45) is -1.45. The maximum Gasteiger partial charge on any atom is 0.200 e. The number of benzene rings is 6. The molecule has 0 nitrogen and oxygen atoms in total. The second-order valence-electron chi connectivity index (χ2n) is 13.7. The van der Waals surface area contributed by atoms with Crippen molar-refractivity contribution in [2.45, 2.75) is 12.2 Å². The summed E-state index contributed by atoms with van der Waals surface area (Å²) < 4.78 is 294. The third kappa shape index (κ3) is 6.75. The predicted molar refractivity (Wildman–Crippen MR) is 187 cm³/mol. The molecule has 7 rings (SSSR count). The smallest absolute Gasteiger partial charge is 0.200 e. The predicted octanol–water partition coefficient (Wildman–Crippen LogP) is 9.48. The van der Waals surface area contributed by atoms with Crippen LogP contribution in [0, 0.1) is 116 Å². The van der Waals surface area contributed by atoms with Gasteiger partial charge in [-0.3, -0.25) is 0 Å². The molecule has 0 aromatic heterocycles. The molecule has 0 saturated carbocycles. The molecule has 6 aromatic rings. The van der Waals surface area contributed by atoms with Crippen LogP contribution in [0.1, 0.15) is 16.7 Å². The van der Waals surface area contributed by atoms with Gasteiger partial charge in [-0.1, -0.05) is 42.5 Å². The van der Waals surface area contributed by atoms with Crippen LogP contribution < -0.4 is 21.9 Å². The third-order valence-corrected chi connectivity index (χ3v) is 11.0. The fraction of sp³-hybridized carbons (Fsp3) is 0.100. The highest BCUT2D eigenvalue weighted by atomic mass is 32.2. The highest BCUT2D eigenvalue weighted by Crippen LogP contribution is 2.38. The van der Waals surface area contributed by atoms with Gasteiger partial charge in [0.2, 0.25) is 0 Å². The van der Waals surface area contributed by atoms with Crippen molar-refractivity contribution in [3.8, 4) is 11.1 Å². The highest BCUT2D eigenvalue weighted by Gasteiger charge is 2.52. The van der Waals surface area contributed by atoms with Gasteiger partial charge in [0.1, 0.15) is 58.4 Å². The van der Waals surface area contributed by atoms with Crippen molar-refractivity contribution in [3.05, 3.63) is 175 Å². The summed E-state index contributed by atoms with van der Waals surface area (Å²) in [6.45, 7) is 0. The van der Waals surface area contributed by atoms with Gasteiger partial charge in [0.15, 0.2) is 69.8 Å². The van der Waals surface area contributed by atoms with E-state index in [1.807, 2.05) is 0 Å². The van der Waals surface area contributed by atoms with Crippen molar-refractivity contribution in [2.24, 2.45) is 0 Å². The third-order valence-electron chi connectivity index (χ3n) is 10.1. The van der Waals surface area contributed by atoms with Crippen LogP contribution in [0.15, 0.2) is 42.5 Å². The molecule has 0 unspecified atom stereocenters. The zero-order valence-corrected chi connectivity index (χ0v) is 31.3. The Morgan fingerprint density at radius 1 is 0.355 bits per heavy atom. The Kier molecular flexibility index (Phi) is 12.2. The summed E-state index contributed by atoms with van der Waals surface area (Å²) >= 11 is 0. The van der Waals surface area contributed by atoms with E-state index in [0.717, 1.165) is 6.42 Å². The molecule has 22 heteroatoms. The number of halogens is 20. The first-order valence-electron chi connectivity index (χ1n) is 16.9. The summed E-state index contributed by atoms with van der Waals surface area (Å²) in [5.41, 5.74) is -6.83. The maximum absolute atomic E-state index is 15.4. The average molecular weight is 920 g/mol. The Balaban J connectivity index is 0.000000311. The topological polar surface area (TPSA) is 0 Å². The van der Waals surface area contributed by atoms with Crippen molar-refractivity contribution >= 4 is 38.9 Å². The minimum atomic E-state index is -7.22. The van der Waals surface area contributed by atoms with Crippen LogP contribution in [0.25, 0.3) is 11.1 Å². The minimum Gasteiger partial charge on any atom is -0.207 e. The van der Waals surface area contributed by atoms with Crippen molar-refractivity contribution in [3.63, 3.8) is 0 Å². The minimum absolute atomic E-state index is 0.476. The Bertz CT molecular complexity index is 2460. The molecule has 0 saturated heterocycles. The van der Waals surface area contributed by atoms with Crippen LogP contribution in [0.4, 0.5) is 87.8 Å². The van der Waals surface area contributed by atoms with E-state index in [1.54, 1.807) is 11.1 Å². The average Bonchev–Trinajstić information content (AvgIpc) is 3.63. The lowest BCUT2D eigenvalue weighted by molar-refractivity contribution is 0.378. The van der Waals surface area contributed by atoms with Gasteiger partial charge in [-0.2, -0.15) is 0 Å². The van der Waals surface area contributed by atoms with Gasteiger partial charge in [0, 0.05) is 5.56 Å². The van der Waals surface area contributed by atoms with Crippen LogP contribution in [-0.4, -0.2) is 18.7 Å². The van der Waals surface area contributed by atoms with Crippen LogP contribution in [0.5, 0.6) is 0 Å². The Morgan fingerprint density at radius 2 is 0.629 bits per heavy atom. The van der Waals surface area contributed by atoms with E-state index in [0.29, 0.717) is 10.9 Å². The number of hydrogen-bond donors (Lipinski definition) is 0. The van der Waals surface area contributed by atoms with Gasteiger partial charge in [0.05, 0.1) is 12.5 Å². The van der Waals surface area contributed by atoms with Gasteiger partial charge in [0.25, 0.3) is 0 Å². The summed E-state index contributed by atoms with van der Waals surface area (Å²) in [4.78, 5) is 0. The fourth-order valence-corrected chi connectivity index (χ4v) is 8.44. The molecule has 62 heavy (non-hydrogen) atoms. The number of rotatable bonds is 6. The van der Waals surface area contributed by atoms with Crippen molar-refractivity contribution in [2.75, 3.05) is 12.5 Å². The largest absolute Gasteiger partial charge is 0.207 e. The lowest BCUT2D eigenvalue weighted by Crippen LogP contribution is -2.81. The van der Waals surface area contributed by atoms with E-state index in [2.05, 4.69) is 55.0 Å². The quantitative estimate of drug-likeness (QED) is 0.0513. The molecule has 1 aliphatic carbocycles. The molecular formula is C40H17BF20S. The summed E-state index contributed by atoms with van der Waals surface area (Å²) in [6, 6.07) is 15.6. The Morgan fingerprint density at radius 3 is 0.935 bits per heavy atom. The molecule has 0 amide bonds. The Labute approximate surface area is 337 Å². The van der Waals surface area contributed by atoms with E-state index in [1.165, 1.54) is 22.4 Å². The first-order chi connectivity index (χ1) is 29.0. The summed E-state index contributed by atoms with van der Waals surface area (Å²) in [5.74, 6) is -70.2. The molecule has 0 radical (unpaired) electrons. The van der Waals surface area contributed by atoms with Crippen LogP contribution in [-0.2, 0) is 23.1 Å². The zero-order valence-electron chi connectivity index (χ0n) is 30.5. The second kappa shape index (κ2) is 16.6. The molecule has 0 fully saturated rings. The molecule has 0 atom stereocenters. The number of fused-ring (bicyclic) bond motifs is 3. The molecule has 326 valence electrons. The lowest BCUT2D eigenvalue weighted by atomic mass is 9.12. The lowest BCUT2D eigenvalue weighted by Gasteiger charge is -2.44. The van der Waals surface area contributed by atoms with Gasteiger partial charge >= 0.3 is 0 Å². The fourth-order valence-electron chi connectivity index (χ4n) is 7.54. The first-order valence-corrected chi connectivity index (χ1v) is 19.1. The summed E-state index contributed by atoms with van der Waals surface area (Å²) in [5, 5.41) is 0. The van der Waals surface area contributed by atoms with E-state index in [4.69, 9.17) is 0 Å². The van der Waals surface area contributed by atoms with E-state index < -0.39 is 144 Å². The van der Waals surface area contributed by atoms with Crippen LogP contribution >= 0.6 is 0 Å². The van der Waals surface area contributed by atoms with E-state index in [9.17, 15) is 52.7 Å². The highest BCUT2D eigenvalue weighted by molar-refractivity contribution is 7.94. The molecule has 0 spiro atoms. The van der Waals surface area contributed by atoms with Crippen molar-refractivity contribution in [1.82, 2.24) is 0 Å². The van der Waals surface area contributed by atoms with E-state index >= 15 is 35.1 Å². The maximum atomic E-state index is 15.4. The molecule has 0 aliphatic heterocycles. The number of hydrogen-bond acceptors (Lipinski definition) is 0. The molecule has 1 aliphatic rings. The first kappa shape index (κ1) is 45.9. The standard InChI is InChI=1S/C24BF20.C16H17S/c26-5-1(6(27)14(35)21(42)13(5)34)25(2-7(28)15(36)22(43)16(37)8(2)29,3-9(30)17(38)23(44)18(39)10(3)31)4-11(32)19(40)24(45)20(41)12(4)33;1-17(2)11-13-7-5-9-15-14-8-4-3-6-12(14)10-16(13)15/h;3-9H,10-11H2,1-2H3/q-1;+1. The van der Waals surface area contributed by atoms with Gasteiger partial charge in [-0.15, -0.1) is 21.9 Å². The molecular weight excluding hydrogens is 903 g/mol. The molecule has 0 N–H and O–H groups in total. The molecule has 0 bridgehead atoms. The molecule has 0 heterocycles. The van der Waals surface area contributed by atoms with Crippen molar-refractivity contribution in [1.29, 1.82) is 0 Å². The monoisotopic (exact) mass is 920 g/mol. The van der Waals surface area contributed by atoms with E-state index in [-0.39, 0.29) is 0 Å². The van der Waals surface area contributed by atoms with Gasteiger partial charge < -0.3 is 0 Å². The zero-order chi connectivity index (χ0) is 46.2. The Hall–Kier alpha value is -5.67. The summed E-state index contributed by atoms with van der Waals surface area (Å²) in [7, 11) is 0.476.